The predicted octanol–water partition coefficient (Wildman–Crippen LogP) is 2.23. The summed E-state index contributed by atoms with van der Waals surface area (Å²) < 4.78 is 5.81. The smallest absolute Gasteiger partial charge is 0.142 e. The highest BCUT2D eigenvalue weighted by Crippen LogP contribution is 2.35. The van der Waals surface area contributed by atoms with E-state index in [-0.39, 0.29) is 0 Å². The lowest BCUT2D eigenvalue weighted by Gasteiger charge is -2.36. The number of fused-ring (bicyclic) bond motifs is 1. The van der Waals surface area contributed by atoms with Crippen LogP contribution in [0.2, 0.25) is 0 Å². The Hall–Kier alpha value is -1.22. The zero-order chi connectivity index (χ0) is 12.4. The summed E-state index contributed by atoms with van der Waals surface area (Å²) in [6.45, 7) is 6.14. The molecule has 0 saturated heterocycles. The van der Waals surface area contributed by atoms with Gasteiger partial charge < -0.3 is 15.0 Å². The standard InChI is InChI=1S/C14H22N2O/c1-10(2)11-5-6-14-13(7-11)16(4)12(8-15-3)9-17-14/h5-7,10,12,15H,8-9H2,1-4H3. The van der Waals surface area contributed by atoms with Gasteiger partial charge in [-0.3, -0.25) is 0 Å². The minimum absolute atomic E-state index is 0.412. The van der Waals surface area contributed by atoms with Gasteiger partial charge in [0, 0.05) is 13.6 Å². The predicted molar refractivity (Wildman–Crippen MR) is 72.1 cm³/mol. The van der Waals surface area contributed by atoms with Crippen LogP contribution in [0.5, 0.6) is 5.75 Å². The summed E-state index contributed by atoms with van der Waals surface area (Å²) in [6.07, 6.45) is 0. The number of likely N-dealkylation sites (N-methyl/N-ethyl adjacent to an activating group) is 2. The monoisotopic (exact) mass is 234 g/mol. The van der Waals surface area contributed by atoms with Crippen LogP contribution in [0.15, 0.2) is 18.2 Å². The SMILES string of the molecule is CNCC1COc2ccc(C(C)C)cc2N1C. The van der Waals surface area contributed by atoms with Crippen LogP contribution in [-0.2, 0) is 0 Å². The summed E-state index contributed by atoms with van der Waals surface area (Å²) in [7, 11) is 4.13. The van der Waals surface area contributed by atoms with Crippen LogP contribution in [0.4, 0.5) is 5.69 Å². The van der Waals surface area contributed by atoms with Gasteiger partial charge in [-0.1, -0.05) is 19.9 Å². The van der Waals surface area contributed by atoms with Crippen LogP contribution in [0.3, 0.4) is 0 Å². The molecule has 0 amide bonds. The Labute approximate surface area is 104 Å². The molecule has 1 N–H and O–H groups in total. The lowest BCUT2D eigenvalue weighted by molar-refractivity contribution is 0.264. The Morgan fingerprint density at radius 3 is 2.88 bits per heavy atom. The van der Waals surface area contributed by atoms with Crippen molar-refractivity contribution in [3.8, 4) is 5.75 Å². The number of benzene rings is 1. The third-order valence-electron chi connectivity index (χ3n) is 3.45. The summed E-state index contributed by atoms with van der Waals surface area (Å²) in [5.74, 6) is 1.56. The van der Waals surface area contributed by atoms with Crippen LogP contribution in [0, 0.1) is 0 Å². The molecule has 1 heterocycles. The van der Waals surface area contributed by atoms with Crippen molar-refractivity contribution in [2.24, 2.45) is 0 Å². The molecule has 94 valence electrons. The first-order valence-corrected chi connectivity index (χ1v) is 6.27. The molecule has 17 heavy (non-hydrogen) atoms. The van der Waals surface area contributed by atoms with E-state index in [0.29, 0.717) is 12.0 Å². The first kappa shape index (κ1) is 12.2. The molecule has 0 radical (unpaired) electrons. The third kappa shape index (κ3) is 2.39. The molecule has 3 heteroatoms. The van der Waals surface area contributed by atoms with Gasteiger partial charge in [-0.2, -0.15) is 0 Å². The minimum Gasteiger partial charge on any atom is -0.489 e. The number of ether oxygens (including phenoxy) is 1. The van der Waals surface area contributed by atoms with E-state index in [1.165, 1.54) is 11.3 Å². The van der Waals surface area contributed by atoms with Crippen molar-refractivity contribution in [3.05, 3.63) is 23.8 Å². The van der Waals surface area contributed by atoms with E-state index >= 15 is 0 Å². The van der Waals surface area contributed by atoms with Crippen molar-refractivity contribution in [3.63, 3.8) is 0 Å². The maximum Gasteiger partial charge on any atom is 0.142 e. The average Bonchev–Trinajstić information content (AvgIpc) is 2.32. The summed E-state index contributed by atoms with van der Waals surface area (Å²) in [4.78, 5) is 2.32. The molecule has 1 unspecified atom stereocenters. The topological polar surface area (TPSA) is 24.5 Å². The molecule has 1 aromatic carbocycles. The first-order valence-electron chi connectivity index (χ1n) is 6.27. The van der Waals surface area contributed by atoms with Gasteiger partial charge in [0.25, 0.3) is 0 Å². The zero-order valence-corrected chi connectivity index (χ0v) is 11.2. The molecule has 0 aliphatic carbocycles. The van der Waals surface area contributed by atoms with Gasteiger partial charge in [0.15, 0.2) is 0 Å². The van der Waals surface area contributed by atoms with Crippen LogP contribution in [-0.4, -0.2) is 33.3 Å². The third-order valence-corrected chi connectivity index (χ3v) is 3.45. The fraction of sp³-hybridized carbons (Fsp3) is 0.571. The number of hydrogen-bond donors (Lipinski definition) is 1. The second-order valence-corrected chi connectivity index (χ2v) is 5.02. The van der Waals surface area contributed by atoms with Crippen molar-refractivity contribution < 1.29 is 4.74 Å². The molecule has 1 aromatic rings. The summed E-state index contributed by atoms with van der Waals surface area (Å²) in [5.41, 5.74) is 2.58. The van der Waals surface area contributed by atoms with E-state index in [1.54, 1.807) is 0 Å². The van der Waals surface area contributed by atoms with Gasteiger partial charge in [0.05, 0.1) is 11.7 Å². The van der Waals surface area contributed by atoms with E-state index in [4.69, 9.17) is 4.74 Å². The van der Waals surface area contributed by atoms with Gasteiger partial charge in [0.2, 0.25) is 0 Å². The lowest BCUT2D eigenvalue weighted by Crippen LogP contribution is -2.46. The van der Waals surface area contributed by atoms with Crippen molar-refractivity contribution in [1.29, 1.82) is 0 Å². The molecule has 1 aliphatic heterocycles. The van der Waals surface area contributed by atoms with Crippen molar-refractivity contribution in [2.45, 2.75) is 25.8 Å². The maximum absolute atomic E-state index is 5.81. The molecule has 0 bridgehead atoms. The molecular weight excluding hydrogens is 212 g/mol. The Morgan fingerprint density at radius 1 is 1.47 bits per heavy atom. The maximum atomic E-state index is 5.81. The Kier molecular flexibility index (Phi) is 3.57. The highest BCUT2D eigenvalue weighted by atomic mass is 16.5. The fourth-order valence-electron chi connectivity index (χ4n) is 2.22. The van der Waals surface area contributed by atoms with Gasteiger partial charge in [-0.15, -0.1) is 0 Å². The number of rotatable bonds is 3. The molecule has 0 saturated carbocycles. The van der Waals surface area contributed by atoms with Crippen molar-refractivity contribution in [2.75, 3.05) is 32.1 Å². The van der Waals surface area contributed by atoms with Crippen molar-refractivity contribution in [1.82, 2.24) is 5.32 Å². The largest absolute Gasteiger partial charge is 0.489 e. The molecule has 1 aliphatic rings. The van der Waals surface area contributed by atoms with Gasteiger partial charge in [-0.25, -0.2) is 0 Å². The van der Waals surface area contributed by atoms with Crippen molar-refractivity contribution >= 4 is 5.69 Å². The quantitative estimate of drug-likeness (QED) is 0.868. The van der Waals surface area contributed by atoms with Gasteiger partial charge in [0.1, 0.15) is 12.4 Å². The van der Waals surface area contributed by atoms with Crippen LogP contribution in [0.1, 0.15) is 25.3 Å². The lowest BCUT2D eigenvalue weighted by atomic mass is 10.0. The highest BCUT2D eigenvalue weighted by molar-refractivity contribution is 5.62. The van der Waals surface area contributed by atoms with E-state index in [0.717, 1.165) is 18.9 Å². The van der Waals surface area contributed by atoms with Crippen LogP contribution < -0.4 is 15.0 Å². The van der Waals surface area contributed by atoms with E-state index in [2.05, 4.69) is 49.3 Å². The molecule has 1 atom stereocenters. The Bertz CT molecular complexity index is 390. The molecule has 0 fully saturated rings. The van der Waals surface area contributed by atoms with Crippen LogP contribution >= 0.6 is 0 Å². The second-order valence-electron chi connectivity index (χ2n) is 5.02. The average molecular weight is 234 g/mol. The van der Waals surface area contributed by atoms with E-state index in [9.17, 15) is 0 Å². The van der Waals surface area contributed by atoms with Gasteiger partial charge >= 0.3 is 0 Å². The minimum atomic E-state index is 0.412. The molecule has 3 nitrogen and oxygen atoms in total. The number of nitrogens with zero attached hydrogens (tertiary/aromatic N) is 1. The first-order chi connectivity index (χ1) is 8.13. The Balaban J connectivity index is 2.29. The molecule has 0 spiro atoms. The number of nitrogens with one attached hydrogen (secondary N) is 1. The summed E-state index contributed by atoms with van der Waals surface area (Å²) >= 11 is 0. The molecule has 0 aromatic heterocycles. The van der Waals surface area contributed by atoms with Crippen LogP contribution in [0.25, 0.3) is 0 Å². The fourth-order valence-corrected chi connectivity index (χ4v) is 2.22. The molecule has 2 rings (SSSR count). The van der Waals surface area contributed by atoms with E-state index in [1.807, 2.05) is 7.05 Å². The number of anilines is 1. The zero-order valence-electron chi connectivity index (χ0n) is 11.2. The normalized spacial score (nSPS) is 19.1. The Morgan fingerprint density at radius 2 is 2.24 bits per heavy atom. The van der Waals surface area contributed by atoms with Gasteiger partial charge in [-0.05, 0) is 30.7 Å². The summed E-state index contributed by atoms with van der Waals surface area (Å²) in [6, 6.07) is 6.92. The summed E-state index contributed by atoms with van der Waals surface area (Å²) in [5, 5.41) is 3.21. The highest BCUT2D eigenvalue weighted by Gasteiger charge is 2.24. The van der Waals surface area contributed by atoms with E-state index < -0.39 is 0 Å². The number of hydrogen-bond acceptors (Lipinski definition) is 3. The molecular formula is C14H22N2O. The second kappa shape index (κ2) is 4.96.